The van der Waals surface area contributed by atoms with Crippen LogP contribution in [-0.4, -0.2) is 6.88 Å². The number of benzene rings is 2. The quantitative estimate of drug-likeness (QED) is 0.350. The Bertz CT molecular complexity index is 1360. The maximum atomic E-state index is 13.8. The van der Waals surface area contributed by atoms with Gasteiger partial charge in [-0.05, 0) is 0 Å². The van der Waals surface area contributed by atoms with Gasteiger partial charge in [0, 0.05) is 0 Å². The van der Waals surface area contributed by atoms with E-state index in [-0.39, 0.29) is 11.6 Å². The summed E-state index contributed by atoms with van der Waals surface area (Å²) in [4.78, 5) is 0. The number of rotatable bonds is 6. The second-order valence-electron chi connectivity index (χ2n) is 11.5. The van der Waals surface area contributed by atoms with Gasteiger partial charge in [-0.3, -0.25) is 0 Å². The molecule has 2 aromatic rings. The maximum absolute atomic E-state index is 13.8. The molecule has 2 aliphatic rings. The molecule has 0 bridgehead atoms. The van der Waals surface area contributed by atoms with Crippen LogP contribution in [0.15, 0.2) is 90.0 Å². The van der Waals surface area contributed by atoms with Gasteiger partial charge in [0.1, 0.15) is 0 Å². The summed E-state index contributed by atoms with van der Waals surface area (Å²) in [5, 5.41) is 0. The molecule has 0 saturated carbocycles. The fourth-order valence-corrected chi connectivity index (χ4v) is 30.2. The van der Waals surface area contributed by atoms with Crippen molar-refractivity contribution in [1.29, 1.82) is 0 Å². The van der Waals surface area contributed by atoms with Gasteiger partial charge in [0.05, 0.1) is 0 Å². The molecule has 0 saturated heterocycles. The summed E-state index contributed by atoms with van der Waals surface area (Å²) in [6, 6.07) is 12.3. The Balaban J connectivity index is 2.12. The zero-order valence-electron chi connectivity index (χ0n) is 20.0. The molecule has 4 rings (SSSR count). The van der Waals surface area contributed by atoms with E-state index in [4.69, 9.17) is 5.63 Å². The molecule has 0 atom stereocenters. The van der Waals surface area contributed by atoms with Gasteiger partial charge in [-0.15, -0.1) is 0 Å². The first-order valence-electron chi connectivity index (χ1n) is 11.4. The third-order valence-corrected chi connectivity index (χ3v) is 34.4. The molecule has 0 spiro atoms. The zero-order chi connectivity index (χ0) is 24.2. The molecule has 0 heterocycles. The average Bonchev–Trinajstić information content (AvgIpc) is 3.33. The predicted octanol–water partition coefficient (Wildman–Crippen LogP) is 7.52. The molecule has 0 fully saturated rings. The molecule has 33 heavy (non-hydrogen) atoms. The summed E-state index contributed by atoms with van der Waals surface area (Å²) < 4.78 is 48.9. The monoisotopic (exact) mass is 544 g/mol. The summed E-state index contributed by atoms with van der Waals surface area (Å²) in [5.41, 5.74) is 3.52. The fraction of sp³-hybridized carbons (Fsp3) is 0.259. The molecule has 2 aromatic carbocycles. The van der Waals surface area contributed by atoms with Crippen LogP contribution in [0.5, 0.6) is 11.5 Å². The van der Waals surface area contributed by atoms with E-state index in [1.165, 1.54) is 29.8 Å². The van der Waals surface area contributed by atoms with Crippen LogP contribution < -0.4 is 5.63 Å². The van der Waals surface area contributed by atoms with Crippen molar-refractivity contribution >= 4 is 6.88 Å². The minimum absolute atomic E-state index is 0.324. The Morgan fingerprint density at radius 1 is 0.788 bits per heavy atom. The van der Waals surface area contributed by atoms with Crippen LogP contribution >= 0.6 is 0 Å². The summed E-state index contributed by atoms with van der Waals surface area (Å²) in [5.74, 6) is 0.454. The average molecular weight is 546 g/mol. The molecule has 6 heteroatoms. The van der Waals surface area contributed by atoms with Crippen molar-refractivity contribution in [2.24, 2.45) is 0 Å². The van der Waals surface area contributed by atoms with Crippen molar-refractivity contribution < 1.29 is 29.7 Å². The second kappa shape index (κ2) is 6.76. The van der Waals surface area contributed by atoms with Crippen molar-refractivity contribution in [2.75, 3.05) is 0 Å². The Kier molecular flexibility index (Phi) is 4.94. The Morgan fingerprint density at radius 2 is 1.27 bits per heavy atom. The summed E-state index contributed by atoms with van der Waals surface area (Å²) >= 11 is -6.14. The molecule has 0 radical (unpaired) electrons. The first kappa shape index (κ1) is 24.1. The fourth-order valence-electron chi connectivity index (χ4n) is 5.88. The summed E-state index contributed by atoms with van der Waals surface area (Å²) in [7, 11) is 0. The van der Waals surface area contributed by atoms with Crippen molar-refractivity contribution in [2.45, 2.75) is 42.9 Å². The predicted molar refractivity (Wildman–Crippen MR) is 132 cm³/mol. The van der Waals surface area contributed by atoms with Crippen LogP contribution in [0.3, 0.4) is 0 Å². The van der Waals surface area contributed by atoms with Crippen molar-refractivity contribution in [3.63, 3.8) is 0 Å². The second-order valence-corrected chi connectivity index (χ2v) is 52.6. The molecular formula is C27H32F2O2SiZr. The van der Waals surface area contributed by atoms with E-state index in [2.05, 4.69) is 48.3 Å². The van der Waals surface area contributed by atoms with Gasteiger partial charge >= 0.3 is 193 Å². The van der Waals surface area contributed by atoms with Crippen LogP contribution in [0.4, 0.5) is 8.78 Å². The topological polar surface area (TPSA) is 18.5 Å². The molecular weight excluding hydrogens is 514 g/mol. The molecule has 0 aliphatic heterocycles. The first-order chi connectivity index (χ1) is 15.2. The molecule has 174 valence electrons. The van der Waals surface area contributed by atoms with E-state index in [9.17, 15) is 8.78 Å². The summed E-state index contributed by atoms with van der Waals surface area (Å²) in [6.45, 7) is 8.14. The van der Waals surface area contributed by atoms with Crippen LogP contribution in [-0.2, 0) is 15.3 Å². The molecule has 0 unspecified atom stereocenters. The first-order valence-corrected chi connectivity index (χ1v) is 26.7. The number of allylic oxidation sites excluding steroid dienone is 8. The SMILES string of the molecule is CC1=CC[C]([Zr]([CH3])([CH3])(=[SiH2])([O]c2ccc(F)cc2)([O]c2ccc(F)cc2)[C]2=C(C)C=C(C)C2)=C1. The van der Waals surface area contributed by atoms with Gasteiger partial charge in [0.25, 0.3) is 0 Å². The third kappa shape index (κ3) is 3.76. The van der Waals surface area contributed by atoms with E-state index >= 15 is 0 Å². The third-order valence-electron chi connectivity index (χ3n) is 7.65. The van der Waals surface area contributed by atoms with E-state index in [1.807, 2.05) is 6.88 Å². The van der Waals surface area contributed by atoms with E-state index in [0.29, 0.717) is 17.9 Å². The molecule has 2 nitrogen and oxygen atoms in total. The molecule has 0 aromatic heterocycles. The van der Waals surface area contributed by atoms with Crippen LogP contribution in [0.25, 0.3) is 0 Å². The van der Waals surface area contributed by atoms with E-state index < -0.39 is 15.3 Å². The van der Waals surface area contributed by atoms with Gasteiger partial charge in [0.15, 0.2) is 0 Å². The van der Waals surface area contributed by atoms with Gasteiger partial charge in [-0.1, -0.05) is 0 Å². The number of hydrogen-bond acceptors (Lipinski definition) is 2. The van der Waals surface area contributed by atoms with E-state index in [1.54, 1.807) is 24.3 Å². The van der Waals surface area contributed by atoms with Gasteiger partial charge in [0.2, 0.25) is 0 Å². The Labute approximate surface area is 191 Å². The number of halogens is 2. The summed E-state index contributed by atoms with van der Waals surface area (Å²) in [6.07, 6.45) is 8.00. The molecule has 2 aliphatic carbocycles. The standard InChI is InChI=1S/C7H9.2C6H5FO.C6H7.2CH3.H2Si.Zr/c1-6-3-4-7(2)5-6;2*7-5-1-3-6(8)4-2-5;1-6-4-2-3-5-6;;;;/h5H,3H2,1-2H3;2*1-4,8H;4-5H,2H2,1H3;2*1H3;1H2;/q;;;;;;;+2/p-2. The molecule has 0 N–H and O–H groups in total. The van der Waals surface area contributed by atoms with Crippen LogP contribution in [0, 0.1) is 11.6 Å². The molecule has 0 amide bonds. The van der Waals surface area contributed by atoms with E-state index in [0.717, 1.165) is 24.1 Å². The van der Waals surface area contributed by atoms with Crippen LogP contribution in [0.2, 0.25) is 9.26 Å². The zero-order valence-corrected chi connectivity index (χ0v) is 23.9. The van der Waals surface area contributed by atoms with Crippen molar-refractivity contribution in [3.05, 3.63) is 102 Å². The van der Waals surface area contributed by atoms with Crippen molar-refractivity contribution in [3.8, 4) is 11.5 Å². The Hall–Kier alpha value is -2.04. The van der Waals surface area contributed by atoms with Crippen LogP contribution in [0.1, 0.15) is 33.6 Å². The van der Waals surface area contributed by atoms with Crippen molar-refractivity contribution in [1.82, 2.24) is 0 Å². The normalized spacial score (nSPS) is 19.6. The Morgan fingerprint density at radius 3 is 1.64 bits per heavy atom. The van der Waals surface area contributed by atoms with Gasteiger partial charge < -0.3 is 0 Å². The number of hydrogen-bond donors (Lipinski definition) is 0. The van der Waals surface area contributed by atoms with Gasteiger partial charge in [-0.2, -0.15) is 0 Å². The van der Waals surface area contributed by atoms with Gasteiger partial charge in [-0.25, -0.2) is 0 Å². The minimum atomic E-state index is -6.14.